The lowest BCUT2D eigenvalue weighted by atomic mass is 10.1. The maximum absolute atomic E-state index is 7.37. The monoisotopic (exact) mass is 199 g/mol. The van der Waals surface area contributed by atoms with Gasteiger partial charge >= 0.3 is 0 Å². The van der Waals surface area contributed by atoms with Gasteiger partial charge in [-0.2, -0.15) is 0 Å². The molecule has 15 heavy (non-hydrogen) atoms. The van der Waals surface area contributed by atoms with Crippen LogP contribution in [0, 0.1) is 5.41 Å². The number of para-hydroxylation sites is 1. The van der Waals surface area contributed by atoms with Crippen molar-refractivity contribution in [2.75, 3.05) is 0 Å². The normalized spacial score (nSPS) is 11.9. The average molecular weight is 199 g/mol. The second-order valence-electron chi connectivity index (χ2n) is 3.53. The zero-order chi connectivity index (χ0) is 10.8. The van der Waals surface area contributed by atoms with Gasteiger partial charge in [0.25, 0.3) is 0 Å². The van der Waals surface area contributed by atoms with Crippen molar-refractivity contribution >= 4 is 22.3 Å². The largest absolute Gasteiger partial charge is 0.398 e. The van der Waals surface area contributed by atoms with Crippen molar-refractivity contribution in [3.05, 3.63) is 42.1 Å². The molecule has 1 heterocycles. The number of rotatable bonds is 2. The molecule has 0 spiro atoms. The zero-order valence-corrected chi connectivity index (χ0v) is 8.54. The number of H-pyrrole nitrogens is 1. The van der Waals surface area contributed by atoms with Crippen LogP contribution in [-0.2, 0) is 0 Å². The average Bonchev–Trinajstić information content (AvgIpc) is 2.59. The number of hydrogen-bond acceptors (Lipinski definition) is 2. The van der Waals surface area contributed by atoms with Crippen LogP contribution in [-0.4, -0.2) is 10.7 Å². The Balaban J connectivity index is 2.57. The van der Waals surface area contributed by atoms with E-state index in [0.29, 0.717) is 11.4 Å². The molecule has 0 radical (unpaired) electrons. The summed E-state index contributed by atoms with van der Waals surface area (Å²) in [6.07, 6.45) is 3.54. The van der Waals surface area contributed by atoms with Crippen LogP contribution in [0.4, 0.5) is 0 Å². The summed E-state index contributed by atoms with van der Waals surface area (Å²) in [6, 6.07) is 7.97. The predicted octanol–water partition coefficient (Wildman–Crippen LogP) is 2.51. The molecule has 0 saturated heterocycles. The third-order valence-corrected chi connectivity index (χ3v) is 2.27. The molecular formula is C12H13N3. The number of hydrogen-bond donors (Lipinski definition) is 3. The van der Waals surface area contributed by atoms with Gasteiger partial charge in [0.05, 0.1) is 0 Å². The van der Waals surface area contributed by atoms with Gasteiger partial charge in [0.1, 0.15) is 0 Å². The number of nitrogens with two attached hydrogens (primary N) is 1. The van der Waals surface area contributed by atoms with Gasteiger partial charge in [0.2, 0.25) is 0 Å². The van der Waals surface area contributed by atoms with Crippen LogP contribution >= 0.6 is 0 Å². The van der Waals surface area contributed by atoms with E-state index in [4.69, 9.17) is 11.1 Å². The van der Waals surface area contributed by atoms with Crippen LogP contribution in [0.3, 0.4) is 0 Å². The minimum absolute atomic E-state index is 0.456. The van der Waals surface area contributed by atoms with Gasteiger partial charge in [-0.05, 0) is 19.1 Å². The molecule has 4 N–H and O–H groups in total. The van der Waals surface area contributed by atoms with Crippen molar-refractivity contribution in [1.29, 1.82) is 5.41 Å². The summed E-state index contributed by atoms with van der Waals surface area (Å²) in [5.41, 5.74) is 9.01. The predicted molar refractivity (Wildman–Crippen MR) is 63.9 cm³/mol. The first kappa shape index (κ1) is 9.52. The van der Waals surface area contributed by atoms with Gasteiger partial charge in [0.15, 0.2) is 0 Å². The lowest BCUT2D eigenvalue weighted by molar-refractivity contribution is 1.44. The van der Waals surface area contributed by atoms with E-state index in [1.807, 2.05) is 30.5 Å². The fraction of sp³-hybridized carbons (Fsp3) is 0.0833. The van der Waals surface area contributed by atoms with Crippen LogP contribution in [0.15, 0.2) is 36.5 Å². The minimum Gasteiger partial charge on any atom is -0.398 e. The van der Waals surface area contributed by atoms with E-state index >= 15 is 0 Å². The van der Waals surface area contributed by atoms with Crippen LogP contribution in [0.25, 0.3) is 16.6 Å². The fourth-order valence-corrected chi connectivity index (χ4v) is 1.62. The maximum Gasteiger partial charge on any atom is 0.0460 e. The quantitative estimate of drug-likeness (QED) is 0.639. The summed E-state index contributed by atoms with van der Waals surface area (Å²) in [5.74, 6) is 0. The lowest BCUT2D eigenvalue weighted by Crippen LogP contribution is -1.97. The molecule has 1 aromatic heterocycles. The van der Waals surface area contributed by atoms with Crippen molar-refractivity contribution in [3.8, 4) is 0 Å². The molecule has 76 valence electrons. The highest BCUT2D eigenvalue weighted by Gasteiger charge is 2.04. The Morgan fingerprint density at radius 1 is 1.40 bits per heavy atom. The van der Waals surface area contributed by atoms with Gasteiger partial charge in [-0.1, -0.05) is 18.2 Å². The number of fused-ring (bicyclic) bond motifs is 1. The molecule has 3 heteroatoms. The summed E-state index contributed by atoms with van der Waals surface area (Å²) in [5, 5.41) is 8.46. The molecule has 0 unspecified atom stereocenters. The summed E-state index contributed by atoms with van der Waals surface area (Å²) in [7, 11) is 0. The SMILES string of the molecule is CC(=N)/C=C(\N)c1c[nH]c2ccccc12. The third-order valence-electron chi connectivity index (χ3n) is 2.27. The Kier molecular flexibility index (Phi) is 2.29. The van der Waals surface area contributed by atoms with E-state index in [2.05, 4.69) is 4.98 Å². The Labute approximate surface area is 88.1 Å². The van der Waals surface area contributed by atoms with E-state index in [1.165, 1.54) is 0 Å². The van der Waals surface area contributed by atoms with Gasteiger partial charge in [-0.3, -0.25) is 0 Å². The number of aromatic amines is 1. The van der Waals surface area contributed by atoms with Crippen LogP contribution in [0.1, 0.15) is 12.5 Å². The van der Waals surface area contributed by atoms with Crippen molar-refractivity contribution in [3.63, 3.8) is 0 Å². The number of aromatic nitrogens is 1. The summed E-state index contributed by atoms with van der Waals surface area (Å²) < 4.78 is 0. The first-order valence-corrected chi connectivity index (χ1v) is 4.77. The second kappa shape index (κ2) is 3.61. The summed E-state index contributed by atoms with van der Waals surface area (Å²) in [4.78, 5) is 3.15. The van der Waals surface area contributed by atoms with E-state index < -0.39 is 0 Å². The molecule has 0 aliphatic carbocycles. The molecule has 3 nitrogen and oxygen atoms in total. The standard InChI is InChI=1S/C12H13N3/c1-8(13)6-11(14)10-7-15-12-5-3-2-4-9(10)12/h2-7,13,15H,14H2,1H3/b11-6-,13-8?. The van der Waals surface area contributed by atoms with Gasteiger partial charge in [-0.25, -0.2) is 0 Å². The van der Waals surface area contributed by atoms with E-state index in [9.17, 15) is 0 Å². The lowest BCUT2D eigenvalue weighted by Gasteiger charge is -1.98. The number of allylic oxidation sites excluding steroid dienone is 1. The van der Waals surface area contributed by atoms with Crippen molar-refractivity contribution in [2.24, 2.45) is 5.73 Å². The first-order valence-electron chi connectivity index (χ1n) is 4.77. The van der Waals surface area contributed by atoms with Crippen molar-refractivity contribution < 1.29 is 0 Å². The first-order chi connectivity index (χ1) is 7.18. The Hall–Kier alpha value is -2.03. The molecule has 0 amide bonds. The molecule has 0 saturated carbocycles. The van der Waals surface area contributed by atoms with Crippen molar-refractivity contribution in [1.82, 2.24) is 4.98 Å². The van der Waals surface area contributed by atoms with E-state index in [1.54, 1.807) is 13.0 Å². The van der Waals surface area contributed by atoms with Crippen LogP contribution in [0.2, 0.25) is 0 Å². The highest BCUT2D eigenvalue weighted by atomic mass is 14.7. The fourth-order valence-electron chi connectivity index (χ4n) is 1.62. The van der Waals surface area contributed by atoms with E-state index in [-0.39, 0.29) is 0 Å². The summed E-state index contributed by atoms with van der Waals surface area (Å²) in [6.45, 7) is 1.71. The van der Waals surface area contributed by atoms with Crippen molar-refractivity contribution in [2.45, 2.75) is 6.92 Å². The molecule has 0 bridgehead atoms. The highest BCUT2D eigenvalue weighted by Crippen LogP contribution is 2.21. The Bertz CT molecular complexity index is 535. The summed E-state index contributed by atoms with van der Waals surface area (Å²) >= 11 is 0. The number of benzene rings is 1. The molecule has 0 fully saturated rings. The topological polar surface area (TPSA) is 65.7 Å². The van der Waals surface area contributed by atoms with Crippen LogP contribution < -0.4 is 5.73 Å². The molecule has 0 aliphatic heterocycles. The van der Waals surface area contributed by atoms with Gasteiger partial charge in [0, 0.05) is 34.1 Å². The van der Waals surface area contributed by atoms with E-state index in [0.717, 1.165) is 16.5 Å². The van der Waals surface area contributed by atoms with Gasteiger partial charge in [-0.15, -0.1) is 0 Å². The molecule has 0 aliphatic rings. The molecule has 0 atom stereocenters. The second-order valence-corrected chi connectivity index (χ2v) is 3.53. The zero-order valence-electron chi connectivity index (χ0n) is 8.54. The molecule has 2 rings (SSSR count). The Morgan fingerprint density at radius 3 is 2.87 bits per heavy atom. The highest BCUT2D eigenvalue weighted by molar-refractivity contribution is 6.00. The third kappa shape index (κ3) is 1.76. The molecule has 2 aromatic rings. The minimum atomic E-state index is 0.456. The van der Waals surface area contributed by atoms with Crippen LogP contribution in [0.5, 0.6) is 0 Å². The molecular weight excluding hydrogens is 186 g/mol. The number of nitrogens with one attached hydrogen (secondary N) is 2. The maximum atomic E-state index is 7.37. The Morgan fingerprint density at radius 2 is 2.13 bits per heavy atom. The smallest absolute Gasteiger partial charge is 0.0460 e. The molecule has 1 aromatic carbocycles. The van der Waals surface area contributed by atoms with Gasteiger partial charge < -0.3 is 16.1 Å².